The van der Waals surface area contributed by atoms with E-state index in [0.717, 1.165) is 5.56 Å². The molecule has 8 nitrogen and oxygen atoms in total. The van der Waals surface area contributed by atoms with Crippen LogP contribution in [0.2, 0.25) is 10.0 Å². The zero-order valence-electron chi connectivity index (χ0n) is 17.8. The molecule has 1 unspecified atom stereocenters. The van der Waals surface area contributed by atoms with Crippen LogP contribution >= 0.6 is 23.2 Å². The van der Waals surface area contributed by atoms with E-state index in [1.54, 1.807) is 25.1 Å². The number of aromatic hydroxyl groups is 1. The van der Waals surface area contributed by atoms with E-state index in [0.29, 0.717) is 32.4 Å². The Labute approximate surface area is 204 Å². The molecule has 3 N–H and O–H groups in total. The average Bonchev–Trinajstić information content (AvgIpc) is 2.79. The fourth-order valence-electron chi connectivity index (χ4n) is 3.85. The predicted molar refractivity (Wildman–Crippen MR) is 130 cm³/mol. The minimum Gasteiger partial charge on any atom is -0.500 e. The SMILES string of the molecule is CCOc1cc(C2NC(=O)NC(c3cc(Cl)cc(Cl)c3)=C2c2ccccc2)cc([N+](=O)[O-])c1O. The molecule has 3 aromatic carbocycles. The lowest BCUT2D eigenvalue weighted by atomic mass is 9.87. The van der Waals surface area contributed by atoms with Crippen LogP contribution in [0.1, 0.15) is 29.7 Å². The van der Waals surface area contributed by atoms with E-state index < -0.39 is 28.4 Å². The van der Waals surface area contributed by atoms with Gasteiger partial charge in [-0.25, -0.2) is 4.79 Å². The number of rotatable bonds is 6. The van der Waals surface area contributed by atoms with Gasteiger partial charge in [0.25, 0.3) is 0 Å². The van der Waals surface area contributed by atoms with Gasteiger partial charge in [-0.1, -0.05) is 53.5 Å². The summed E-state index contributed by atoms with van der Waals surface area (Å²) in [6.45, 7) is 1.88. The largest absolute Gasteiger partial charge is 0.500 e. The summed E-state index contributed by atoms with van der Waals surface area (Å²) in [4.78, 5) is 23.7. The van der Waals surface area contributed by atoms with Crippen LogP contribution in [0.15, 0.2) is 60.7 Å². The third-order valence-electron chi connectivity index (χ3n) is 5.22. The molecule has 0 spiro atoms. The molecule has 0 bridgehead atoms. The number of carbonyl (C=O) groups is 1. The second kappa shape index (κ2) is 9.62. The van der Waals surface area contributed by atoms with E-state index >= 15 is 0 Å². The summed E-state index contributed by atoms with van der Waals surface area (Å²) in [5.41, 5.74) is 2.20. The Bertz CT molecular complexity index is 1290. The number of ether oxygens (including phenoxy) is 1. The second-order valence-corrected chi connectivity index (χ2v) is 8.29. The molecule has 1 atom stereocenters. The van der Waals surface area contributed by atoms with Gasteiger partial charge in [-0.05, 0) is 42.3 Å². The first-order valence-electron chi connectivity index (χ1n) is 10.3. The van der Waals surface area contributed by atoms with Gasteiger partial charge in [0.05, 0.1) is 23.3 Å². The number of hydrogen-bond donors (Lipinski definition) is 3. The number of phenolic OH excluding ortho intramolecular Hbond substituents is 1. The first-order chi connectivity index (χ1) is 16.3. The number of nitrogens with zero attached hydrogens (tertiary/aromatic N) is 1. The van der Waals surface area contributed by atoms with Crippen LogP contribution in [0.5, 0.6) is 11.5 Å². The van der Waals surface area contributed by atoms with E-state index in [-0.39, 0.29) is 12.4 Å². The van der Waals surface area contributed by atoms with Crippen LogP contribution in [0.25, 0.3) is 11.3 Å². The fourth-order valence-corrected chi connectivity index (χ4v) is 4.38. The van der Waals surface area contributed by atoms with E-state index in [9.17, 15) is 20.0 Å². The van der Waals surface area contributed by atoms with Gasteiger partial charge in [0.1, 0.15) is 0 Å². The number of benzene rings is 3. The average molecular weight is 500 g/mol. The molecule has 174 valence electrons. The minimum atomic E-state index is -0.817. The van der Waals surface area contributed by atoms with Gasteiger partial charge in [-0.2, -0.15) is 0 Å². The van der Waals surface area contributed by atoms with Crippen LogP contribution in [-0.4, -0.2) is 22.7 Å². The van der Waals surface area contributed by atoms with Crippen molar-refractivity contribution < 1.29 is 19.6 Å². The van der Waals surface area contributed by atoms with Crippen LogP contribution in [0.3, 0.4) is 0 Å². The summed E-state index contributed by atoms with van der Waals surface area (Å²) in [6.07, 6.45) is 0. The molecule has 1 aliphatic rings. The van der Waals surface area contributed by atoms with Crippen molar-refractivity contribution in [1.29, 1.82) is 0 Å². The second-order valence-electron chi connectivity index (χ2n) is 7.42. The quantitative estimate of drug-likeness (QED) is 0.287. The summed E-state index contributed by atoms with van der Waals surface area (Å²) in [7, 11) is 0. The predicted octanol–water partition coefficient (Wildman–Crippen LogP) is 5.93. The summed E-state index contributed by atoms with van der Waals surface area (Å²) in [5, 5.41) is 28.4. The maximum absolute atomic E-state index is 12.7. The molecular formula is C24H19Cl2N3O5. The molecule has 0 saturated heterocycles. The van der Waals surface area contributed by atoms with Crippen molar-refractivity contribution in [3.63, 3.8) is 0 Å². The Balaban J connectivity index is 2.01. The van der Waals surface area contributed by atoms with E-state index in [1.807, 2.05) is 30.3 Å². The smallest absolute Gasteiger partial charge is 0.320 e. The van der Waals surface area contributed by atoms with Crippen molar-refractivity contribution in [1.82, 2.24) is 10.6 Å². The molecule has 4 rings (SSSR count). The molecule has 0 aromatic heterocycles. The standard InChI is InChI=1S/C24H19Cl2N3O5/c1-2-34-19-11-15(10-18(23(19)30)29(32)33)22-20(13-6-4-3-5-7-13)21(27-24(31)28-22)14-8-16(25)12-17(26)9-14/h3-12,22,30H,2H2,1H3,(H2,27,28,31). The van der Waals surface area contributed by atoms with Gasteiger partial charge in [-0.3, -0.25) is 10.1 Å². The maximum Gasteiger partial charge on any atom is 0.320 e. The Morgan fingerprint density at radius 1 is 1.06 bits per heavy atom. The third kappa shape index (κ3) is 4.64. The Hall–Kier alpha value is -3.75. The first kappa shape index (κ1) is 23.4. The fraction of sp³-hybridized carbons (Fsp3) is 0.125. The van der Waals surface area contributed by atoms with Gasteiger partial charge < -0.3 is 20.5 Å². The number of halogens is 2. The number of nitro benzene ring substituents is 1. The molecule has 34 heavy (non-hydrogen) atoms. The summed E-state index contributed by atoms with van der Waals surface area (Å²) >= 11 is 12.5. The summed E-state index contributed by atoms with van der Waals surface area (Å²) in [6, 6.07) is 15.5. The number of amides is 2. The highest BCUT2D eigenvalue weighted by Crippen LogP contribution is 2.44. The first-order valence-corrected chi connectivity index (χ1v) is 11.0. The highest BCUT2D eigenvalue weighted by atomic mass is 35.5. The number of phenols is 1. The molecule has 2 amide bonds. The molecule has 1 heterocycles. The Kier molecular flexibility index (Phi) is 6.63. The van der Waals surface area contributed by atoms with Crippen LogP contribution < -0.4 is 15.4 Å². The zero-order valence-corrected chi connectivity index (χ0v) is 19.4. The Morgan fingerprint density at radius 3 is 2.35 bits per heavy atom. The summed E-state index contributed by atoms with van der Waals surface area (Å²) in [5.74, 6) is -0.637. The molecule has 0 aliphatic carbocycles. The minimum absolute atomic E-state index is 0.0563. The molecule has 0 fully saturated rings. The Morgan fingerprint density at radius 2 is 1.74 bits per heavy atom. The lowest BCUT2D eigenvalue weighted by molar-refractivity contribution is -0.386. The third-order valence-corrected chi connectivity index (χ3v) is 5.65. The zero-order chi connectivity index (χ0) is 24.4. The van der Waals surface area contributed by atoms with Crippen molar-refractivity contribution in [2.24, 2.45) is 0 Å². The number of nitrogens with one attached hydrogen (secondary N) is 2. The number of hydrogen-bond acceptors (Lipinski definition) is 5. The van der Waals surface area contributed by atoms with Gasteiger partial charge in [0, 0.05) is 27.2 Å². The van der Waals surface area contributed by atoms with E-state index in [4.69, 9.17) is 27.9 Å². The lowest BCUT2D eigenvalue weighted by Gasteiger charge is -2.31. The van der Waals surface area contributed by atoms with Crippen molar-refractivity contribution in [3.8, 4) is 11.5 Å². The van der Waals surface area contributed by atoms with Gasteiger partial charge in [0.15, 0.2) is 5.75 Å². The van der Waals surface area contributed by atoms with Gasteiger partial charge in [0.2, 0.25) is 5.75 Å². The van der Waals surface area contributed by atoms with Crippen LogP contribution in [0, 0.1) is 10.1 Å². The number of nitro groups is 1. The monoisotopic (exact) mass is 499 g/mol. The molecule has 3 aromatic rings. The van der Waals surface area contributed by atoms with Crippen molar-refractivity contribution >= 4 is 46.2 Å². The normalized spacial score (nSPS) is 15.5. The lowest BCUT2D eigenvalue weighted by Crippen LogP contribution is -2.43. The van der Waals surface area contributed by atoms with E-state index in [1.165, 1.54) is 12.1 Å². The molecule has 0 radical (unpaired) electrons. The molecule has 0 saturated carbocycles. The topological polar surface area (TPSA) is 114 Å². The van der Waals surface area contributed by atoms with Crippen molar-refractivity contribution in [2.75, 3.05) is 6.61 Å². The van der Waals surface area contributed by atoms with Crippen molar-refractivity contribution in [2.45, 2.75) is 13.0 Å². The molecule has 10 heteroatoms. The van der Waals surface area contributed by atoms with E-state index in [2.05, 4.69) is 10.6 Å². The van der Waals surface area contributed by atoms with Gasteiger partial charge >= 0.3 is 11.7 Å². The number of urea groups is 1. The highest BCUT2D eigenvalue weighted by Gasteiger charge is 2.33. The van der Waals surface area contributed by atoms with Gasteiger partial charge in [-0.15, -0.1) is 0 Å². The van der Waals surface area contributed by atoms with Crippen LogP contribution in [-0.2, 0) is 0 Å². The highest BCUT2D eigenvalue weighted by molar-refractivity contribution is 6.35. The molecule has 1 aliphatic heterocycles. The van der Waals surface area contributed by atoms with Crippen molar-refractivity contribution in [3.05, 3.63) is 97.5 Å². The number of carbonyl (C=O) groups excluding carboxylic acids is 1. The summed E-state index contributed by atoms with van der Waals surface area (Å²) < 4.78 is 5.44. The maximum atomic E-state index is 12.7. The molecular weight excluding hydrogens is 481 g/mol. The van der Waals surface area contributed by atoms with Crippen LogP contribution in [0.4, 0.5) is 10.5 Å².